The van der Waals surface area contributed by atoms with Crippen LogP contribution in [0, 0.1) is 10.1 Å². The molecule has 0 aliphatic carbocycles. The van der Waals surface area contributed by atoms with Crippen LogP contribution >= 0.6 is 0 Å². The van der Waals surface area contributed by atoms with E-state index >= 15 is 0 Å². The van der Waals surface area contributed by atoms with E-state index in [-0.39, 0.29) is 16.9 Å². The fraction of sp³-hybridized carbons (Fsp3) is 0.462. The quantitative estimate of drug-likeness (QED) is 0.644. The highest BCUT2D eigenvalue weighted by atomic mass is 16.6. The molecule has 108 valence electrons. The molecule has 7 heteroatoms. The average molecular weight is 280 g/mol. The SMILES string of the molecule is CC1(O)CCN(c2c(C(=O)O)cccc2[N+](=O)[O-])CC1. The lowest BCUT2D eigenvalue weighted by Crippen LogP contribution is -2.43. The Morgan fingerprint density at radius 2 is 2.00 bits per heavy atom. The van der Waals surface area contributed by atoms with Gasteiger partial charge in [-0.05, 0) is 25.8 Å². The van der Waals surface area contributed by atoms with Crippen LogP contribution in [0.4, 0.5) is 11.4 Å². The van der Waals surface area contributed by atoms with Crippen molar-refractivity contribution in [2.24, 2.45) is 0 Å². The van der Waals surface area contributed by atoms with Crippen molar-refractivity contribution in [2.45, 2.75) is 25.4 Å². The molecule has 1 saturated heterocycles. The third-order valence-electron chi connectivity index (χ3n) is 3.60. The van der Waals surface area contributed by atoms with Crippen molar-refractivity contribution in [3.8, 4) is 0 Å². The zero-order valence-electron chi connectivity index (χ0n) is 11.1. The van der Waals surface area contributed by atoms with Gasteiger partial charge in [-0.3, -0.25) is 10.1 Å². The van der Waals surface area contributed by atoms with E-state index in [1.165, 1.54) is 18.2 Å². The van der Waals surface area contributed by atoms with E-state index in [9.17, 15) is 25.1 Å². The molecule has 1 aliphatic rings. The van der Waals surface area contributed by atoms with Gasteiger partial charge in [0, 0.05) is 19.2 Å². The number of benzene rings is 1. The number of para-hydroxylation sites is 1. The first kappa shape index (κ1) is 14.3. The summed E-state index contributed by atoms with van der Waals surface area (Å²) in [6, 6.07) is 4.02. The number of nitro benzene ring substituents is 1. The Morgan fingerprint density at radius 3 is 2.50 bits per heavy atom. The van der Waals surface area contributed by atoms with Crippen molar-refractivity contribution in [2.75, 3.05) is 18.0 Å². The lowest BCUT2D eigenvalue weighted by molar-refractivity contribution is -0.384. The minimum Gasteiger partial charge on any atom is -0.478 e. The van der Waals surface area contributed by atoms with Crippen LogP contribution in [0.2, 0.25) is 0 Å². The number of rotatable bonds is 3. The largest absolute Gasteiger partial charge is 0.478 e. The molecule has 1 fully saturated rings. The number of piperidine rings is 1. The lowest BCUT2D eigenvalue weighted by atomic mass is 9.93. The summed E-state index contributed by atoms with van der Waals surface area (Å²) in [5.41, 5.74) is -0.976. The fourth-order valence-electron chi connectivity index (χ4n) is 2.40. The van der Waals surface area contributed by atoms with Crippen molar-refractivity contribution < 1.29 is 19.9 Å². The number of hydrogen-bond acceptors (Lipinski definition) is 5. The normalized spacial score (nSPS) is 17.8. The monoisotopic (exact) mass is 280 g/mol. The van der Waals surface area contributed by atoms with Gasteiger partial charge >= 0.3 is 5.97 Å². The molecule has 0 bridgehead atoms. The molecule has 7 nitrogen and oxygen atoms in total. The van der Waals surface area contributed by atoms with Crippen LogP contribution in [-0.2, 0) is 0 Å². The van der Waals surface area contributed by atoms with Gasteiger partial charge in [-0.25, -0.2) is 4.79 Å². The highest BCUT2D eigenvalue weighted by molar-refractivity contribution is 5.97. The van der Waals surface area contributed by atoms with Gasteiger partial charge < -0.3 is 15.1 Å². The van der Waals surface area contributed by atoms with E-state index < -0.39 is 16.5 Å². The van der Waals surface area contributed by atoms with Gasteiger partial charge in [0.2, 0.25) is 0 Å². The summed E-state index contributed by atoms with van der Waals surface area (Å²) in [5.74, 6) is -1.19. The second-order valence-corrected chi connectivity index (χ2v) is 5.22. The van der Waals surface area contributed by atoms with E-state index in [0.29, 0.717) is 25.9 Å². The molecular weight excluding hydrogens is 264 g/mol. The summed E-state index contributed by atoms with van der Waals surface area (Å²) in [5, 5.41) is 30.2. The first-order valence-corrected chi connectivity index (χ1v) is 6.30. The summed E-state index contributed by atoms with van der Waals surface area (Å²) in [7, 11) is 0. The highest BCUT2D eigenvalue weighted by Gasteiger charge is 2.32. The van der Waals surface area contributed by atoms with Crippen molar-refractivity contribution in [1.82, 2.24) is 0 Å². The van der Waals surface area contributed by atoms with Crippen LogP contribution in [0.5, 0.6) is 0 Å². The number of nitrogens with zero attached hydrogens (tertiary/aromatic N) is 2. The Bertz CT molecular complexity index is 513. The second-order valence-electron chi connectivity index (χ2n) is 5.22. The number of anilines is 1. The molecule has 0 spiro atoms. The van der Waals surface area contributed by atoms with Crippen LogP contribution in [0.1, 0.15) is 30.1 Å². The van der Waals surface area contributed by atoms with Gasteiger partial charge in [0.1, 0.15) is 5.69 Å². The molecule has 0 atom stereocenters. The molecule has 1 aromatic carbocycles. The number of aromatic carboxylic acids is 1. The number of nitro groups is 1. The molecule has 0 amide bonds. The Hall–Kier alpha value is -2.15. The van der Waals surface area contributed by atoms with Gasteiger partial charge in [0.25, 0.3) is 5.69 Å². The van der Waals surface area contributed by atoms with Crippen molar-refractivity contribution in [3.63, 3.8) is 0 Å². The maximum Gasteiger partial charge on any atom is 0.338 e. The van der Waals surface area contributed by atoms with Crippen LogP contribution in [-0.4, -0.2) is 39.8 Å². The lowest BCUT2D eigenvalue weighted by Gasteiger charge is -2.37. The van der Waals surface area contributed by atoms with Crippen LogP contribution in [0.3, 0.4) is 0 Å². The van der Waals surface area contributed by atoms with Gasteiger partial charge in [0.05, 0.1) is 16.1 Å². The smallest absolute Gasteiger partial charge is 0.338 e. The Labute approximate surface area is 115 Å². The van der Waals surface area contributed by atoms with E-state index in [0.717, 1.165) is 0 Å². The second kappa shape index (κ2) is 5.09. The van der Waals surface area contributed by atoms with Crippen molar-refractivity contribution in [3.05, 3.63) is 33.9 Å². The molecule has 0 aromatic heterocycles. The van der Waals surface area contributed by atoms with Gasteiger partial charge in [-0.15, -0.1) is 0 Å². The molecular formula is C13H16N2O5. The third-order valence-corrected chi connectivity index (χ3v) is 3.60. The van der Waals surface area contributed by atoms with Crippen LogP contribution in [0.15, 0.2) is 18.2 Å². The zero-order valence-corrected chi connectivity index (χ0v) is 11.1. The highest BCUT2D eigenvalue weighted by Crippen LogP contribution is 2.35. The topological polar surface area (TPSA) is 104 Å². The third kappa shape index (κ3) is 2.72. The summed E-state index contributed by atoms with van der Waals surface area (Å²) in [4.78, 5) is 23.5. The minimum atomic E-state index is -1.19. The number of hydrogen-bond donors (Lipinski definition) is 2. The first-order chi connectivity index (χ1) is 9.32. The van der Waals surface area contributed by atoms with Gasteiger partial charge in [-0.2, -0.15) is 0 Å². The first-order valence-electron chi connectivity index (χ1n) is 6.30. The molecule has 1 heterocycles. The van der Waals surface area contributed by atoms with Gasteiger partial charge in [-0.1, -0.05) is 6.07 Å². The van der Waals surface area contributed by atoms with E-state index in [1.807, 2.05) is 0 Å². The van der Waals surface area contributed by atoms with E-state index in [4.69, 9.17) is 0 Å². The summed E-state index contributed by atoms with van der Waals surface area (Å²) in [6.45, 7) is 2.48. The number of carboxylic acids is 1. The molecule has 1 aliphatic heterocycles. The van der Waals surface area contributed by atoms with Crippen molar-refractivity contribution in [1.29, 1.82) is 0 Å². The molecule has 20 heavy (non-hydrogen) atoms. The Kier molecular flexibility index (Phi) is 3.63. The molecule has 0 radical (unpaired) electrons. The average Bonchev–Trinajstić information content (AvgIpc) is 2.37. The maximum absolute atomic E-state index is 11.3. The minimum absolute atomic E-state index is 0.0826. The molecule has 2 rings (SSSR count). The van der Waals surface area contributed by atoms with Crippen LogP contribution < -0.4 is 4.90 Å². The zero-order chi connectivity index (χ0) is 14.9. The summed E-state index contributed by atoms with van der Waals surface area (Å²) < 4.78 is 0. The van der Waals surface area contributed by atoms with Gasteiger partial charge in [0.15, 0.2) is 0 Å². The summed E-state index contributed by atoms with van der Waals surface area (Å²) >= 11 is 0. The Balaban J connectivity index is 2.44. The molecule has 0 saturated carbocycles. The predicted octanol–water partition coefficient (Wildman–Crippen LogP) is 1.64. The molecule has 0 unspecified atom stereocenters. The molecule has 1 aromatic rings. The van der Waals surface area contributed by atoms with Crippen molar-refractivity contribution >= 4 is 17.3 Å². The summed E-state index contributed by atoms with van der Waals surface area (Å²) in [6.07, 6.45) is 0.885. The van der Waals surface area contributed by atoms with Crippen LogP contribution in [0.25, 0.3) is 0 Å². The maximum atomic E-state index is 11.3. The fourth-order valence-corrected chi connectivity index (χ4v) is 2.40. The number of carbonyl (C=O) groups is 1. The molecule has 2 N–H and O–H groups in total. The number of carboxylic acid groups (broad SMARTS) is 1. The Morgan fingerprint density at radius 1 is 1.40 bits per heavy atom. The number of aliphatic hydroxyl groups is 1. The van der Waals surface area contributed by atoms with E-state index in [1.54, 1.807) is 11.8 Å². The standard InChI is InChI=1S/C13H16N2O5/c1-13(18)5-7-14(8-6-13)11-9(12(16)17)3-2-4-10(11)15(19)20/h2-4,18H,5-8H2,1H3,(H,16,17). The van der Waals surface area contributed by atoms with E-state index in [2.05, 4.69) is 0 Å². The predicted molar refractivity (Wildman–Crippen MR) is 72.1 cm³/mol.